The predicted octanol–water partition coefficient (Wildman–Crippen LogP) is 1.37. The molecule has 0 radical (unpaired) electrons. The maximum atomic E-state index is 13.1. The second-order valence-corrected chi connectivity index (χ2v) is 7.18. The van der Waals surface area contributed by atoms with Gasteiger partial charge >= 0.3 is 0 Å². The lowest BCUT2D eigenvalue weighted by Gasteiger charge is -2.29. The second-order valence-electron chi connectivity index (χ2n) is 7.18. The fourth-order valence-corrected chi connectivity index (χ4v) is 3.63. The number of aryl methyl sites for hydroxylation is 2. The molecule has 29 heavy (non-hydrogen) atoms. The summed E-state index contributed by atoms with van der Waals surface area (Å²) in [5.41, 5.74) is 2.63. The summed E-state index contributed by atoms with van der Waals surface area (Å²) in [5, 5.41) is 2.77. The Labute approximate surface area is 170 Å². The quantitative estimate of drug-likeness (QED) is 0.716. The third-order valence-corrected chi connectivity index (χ3v) is 5.22. The van der Waals surface area contributed by atoms with Crippen molar-refractivity contribution in [2.45, 2.75) is 32.9 Å². The van der Waals surface area contributed by atoms with Gasteiger partial charge in [-0.2, -0.15) is 0 Å². The van der Waals surface area contributed by atoms with Crippen LogP contribution in [0.2, 0.25) is 0 Å². The number of benzene rings is 1. The van der Waals surface area contributed by atoms with Crippen LogP contribution in [0.4, 0.5) is 0 Å². The Morgan fingerprint density at radius 3 is 2.66 bits per heavy atom. The molecule has 0 aliphatic carbocycles. The molecule has 0 unspecified atom stereocenters. The maximum Gasteiger partial charge on any atom is 0.263 e. The van der Waals surface area contributed by atoms with Crippen LogP contribution in [0, 0.1) is 0 Å². The van der Waals surface area contributed by atoms with E-state index in [1.807, 2.05) is 36.5 Å². The first kappa shape index (κ1) is 20.8. The van der Waals surface area contributed by atoms with Crippen LogP contribution in [0.1, 0.15) is 34.0 Å². The molecule has 1 aliphatic heterocycles. The largest absolute Gasteiger partial charge is 0.383 e. The fraction of sp³-hybridized carbons (Fsp3) is 0.409. The highest BCUT2D eigenvalue weighted by molar-refractivity contribution is 5.95. The minimum atomic E-state index is -0.381. The molecule has 2 aromatic rings. The van der Waals surface area contributed by atoms with Gasteiger partial charge in [-0.3, -0.25) is 14.4 Å². The van der Waals surface area contributed by atoms with Crippen molar-refractivity contribution >= 4 is 11.8 Å². The van der Waals surface area contributed by atoms with Gasteiger partial charge in [-0.15, -0.1) is 0 Å². The number of rotatable bonds is 7. The number of hydrogen-bond donors (Lipinski definition) is 1. The zero-order valence-corrected chi connectivity index (χ0v) is 16.9. The summed E-state index contributed by atoms with van der Waals surface area (Å²) < 4.78 is 6.58. The van der Waals surface area contributed by atoms with E-state index in [9.17, 15) is 14.4 Å². The van der Waals surface area contributed by atoms with Crippen molar-refractivity contribution in [3.63, 3.8) is 0 Å². The van der Waals surface area contributed by atoms with Gasteiger partial charge < -0.3 is 19.5 Å². The van der Waals surface area contributed by atoms with E-state index in [-0.39, 0.29) is 22.9 Å². The van der Waals surface area contributed by atoms with Gasteiger partial charge in [0.25, 0.3) is 11.5 Å². The molecule has 7 nitrogen and oxygen atoms in total. The van der Waals surface area contributed by atoms with Crippen molar-refractivity contribution in [2.75, 3.05) is 26.8 Å². The number of fused-ring (bicyclic) bond motifs is 1. The van der Waals surface area contributed by atoms with Gasteiger partial charge in [0.15, 0.2) is 0 Å². The molecule has 1 aromatic carbocycles. The van der Waals surface area contributed by atoms with Crippen LogP contribution >= 0.6 is 0 Å². The first-order valence-electron chi connectivity index (χ1n) is 9.83. The molecular weight excluding hydrogens is 370 g/mol. The summed E-state index contributed by atoms with van der Waals surface area (Å²) in [6.07, 6.45) is 2.99. The van der Waals surface area contributed by atoms with Crippen LogP contribution in [-0.4, -0.2) is 48.1 Å². The van der Waals surface area contributed by atoms with Gasteiger partial charge in [-0.1, -0.05) is 30.3 Å². The van der Waals surface area contributed by atoms with E-state index < -0.39 is 0 Å². The average molecular weight is 397 g/mol. The van der Waals surface area contributed by atoms with E-state index in [2.05, 4.69) is 5.32 Å². The lowest BCUT2D eigenvalue weighted by Crippen LogP contribution is -2.41. The number of pyridine rings is 1. The lowest BCUT2D eigenvalue weighted by atomic mass is 9.96. The van der Waals surface area contributed by atoms with E-state index >= 15 is 0 Å². The fourth-order valence-electron chi connectivity index (χ4n) is 3.63. The molecule has 0 atom stereocenters. The molecule has 0 bridgehead atoms. The topological polar surface area (TPSA) is 80.6 Å². The van der Waals surface area contributed by atoms with Gasteiger partial charge in [0.05, 0.1) is 6.61 Å². The molecule has 7 heteroatoms. The van der Waals surface area contributed by atoms with Crippen molar-refractivity contribution in [3.8, 4) is 0 Å². The summed E-state index contributed by atoms with van der Waals surface area (Å²) in [5.74, 6) is -0.391. The van der Waals surface area contributed by atoms with Crippen molar-refractivity contribution in [2.24, 2.45) is 0 Å². The number of nitrogens with one attached hydrogen (secondary N) is 1. The van der Waals surface area contributed by atoms with E-state index in [0.29, 0.717) is 45.6 Å². The number of amides is 2. The van der Waals surface area contributed by atoms with E-state index in [0.717, 1.165) is 16.7 Å². The zero-order valence-electron chi connectivity index (χ0n) is 16.9. The SMILES string of the molecule is COCCNC(=O)c1c2c(cn(CCc3ccccc3)c1=O)CN(C(C)=O)CC2. The Balaban J connectivity index is 1.94. The molecule has 154 valence electrons. The van der Waals surface area contributed by atoms with Gasteiger partial charge in [-0.05, 0) is 29.5 Å². The molecule has 2 amide bonds. The summed E-state index contributed by atoms with van der Waals surface area (Å²) in [6.45, 7) is 3.63. The maximum absolute atomic E-state index is 13.1. The van der Waals surface area contributed by atoms with Gasteiger partial charge in [0, 0.05) is 46.4 Å². The predicted molar refractivity (Wildman–Crippen MR) is 110 cm³/mol. The van der Waals surface area contributed by atoms with Crippen LogP contribution in [0.5, 0.6) is 0 Å². The standard InChI is InChI=1S/C22H27N3O4/c1-16(26)24-12-9-19-18(14-24)15-25(11-8-17-6-4-3-5-7-17)22(28)20(19)21(27)23-10-13-29-2/h3-7,15H,8-14H2,1-2H3,(H,23,27). The van der Waals surface area contributed by atoms with Crippen LogP contribution in [0.15, 0.2) is 41.3 Å². The Kier molecular flexibility index (Phi) is 6.82. The number of nitrogens with zero attached hydrogens (tertiary/aromatic N) is 2. The van der Waals surface area contributed by atoms with E-state index in [4.69, 9.17) is 4.74 Å². The summed E-state index contributed by atoms with van der Waals surface area (Å²) in [4.78, 5) is 39.5. The Hall–Kier alpha value is -2.93. The lowest BCUT2D eigenvalue weighted by molar-refractivity contribution is -0.129. The highest BCUT2D eigenvalue weighted by Crippen LogP contribution is 2.21. The molecule has 1 aromatic heterocycles. The minimum Gasteiger partial charge on any atom is -0.383 e. The molecule has 0 fully saturated rings. The molecule has 0 saturated carbocycles. The highest BCUT2D eigenvalue weighted by atomic mass is 16.5. The Morgan fingerprint density at radius 1 is 1.21 bits per heavy atom. The highest BCUT2D eigenvalue weighted by Gasteiger charge is 2.26. The number of ether oxygens (including phenoxy) is 1. The number of methoxy groups -OCH3 is 1. The normalized spacial score (nSPS) is 13.1. The number of carbonyl (C=O) groups is 2. The molecule has 1 aliphatic rings. The molecule has 0 saturated heterocycles. The van der Waals surface area contributed by atoms with E-state index in [1.54, 1.807) is 16.6 Å². The molecule has 2 heterocycles. The van der Waals surface area contributed by atoms with Crippen molar-refractivity contribution < 1.29 is 14.3 Å². The van der Waals surface area contributed by atoms with Crippen LogP contribution in [0.25, 0.3) is 0 Å². The minimum absolute atomic E-state index is 0.0104. The zero-order chi connectivity index (χ0) is 20.8. The smallest absolute Gasteiger partial charge is 0.263 e. The number of carbonyl (C=O) groups excluding carboxylic acids is 2. The van der Waals surface area contributed by atoms with Gasteiger partial charge in [-0.25, -0.2) is 0 Å². The molecule has 0 spiro atoms. The van der Waals surface area contributed by atoms with Crippen LogP contribution < -0.4 is 10.9 Å². The summed E-state index contributed by atoms with van der Waals surface area (Å²) in [6, 6.07) is 9.90. The van der Waals surface area contributed by atoms with E-state index in [1.165, 1.54) is 6.92 Å². The van der Waals surface area contributed by atoms with Crippen molar-refractivity contribution in [1.29, 1.82) is 0 Å². The van der Waals surface area contributed by atoms with Crippen LogP contribution in [0.3, 0.4) is 0 Å². The van der Waals surface area contributed by atoms with Crippen LogP contribution in [-0.2, 0) is 35.5 Å². The summed E-state index contributed by atoms with van der Waals surface area (Å²) in [7, 11) is 1.56. The van der Waals surface area contributed by atoms with Crippen molar-refractivity contribution in [1.82, 2.24) is 14.8 Å². The second kappa shape index (κ2) is 9.52. The average Bonchev–Trinajstić information content (AvgIpc) is 2.72. The molecule has 1 N–H and O–H groups in total. The summed E-state index contributed by atoms with van der Waals surface area (Å²) >= 11 is 0. The first-order valence-corrected chi connectivity index (χ1v) is 9.83. The Morgan fingerprint density at radius 2 is 1.97 bits per heavy atom. The Bertz CT molecular complexity index is 937. The monoisotopic (exact) mass is 397 g/mol. The third kappa shape index (κ3) is 4.92. The van der Waals surface area contributed by atoms with Crippen molar-refractivity contribution in [3.05, 3.63) is 69.1 Å². The van der Waals surface area contributed by atoms with Gasteiger partial charge in [0.2, 0.25) is 5.91 Å². The molecular formula is C22H27N3O4. The first-order chi connectivity index (χ1) is 14.0. The molecule has 3 rings (SSSR count). The number of aromatic nitrogens is 1. The number of hydrogen-bond acceptors (Lipinski definition) is 4. The third-order valence-electron chi connectivity index (χ3n) is 5.22. The van der Waals surface area contributed by atoms with Gasteiger partial charge in [0.1, 0.15) is 5.56 Å².